The molecule has 2 aliphatic heterocycles. The molecule has 0 saturated carbocycles. The van der Waals surface area contributed by atoms with E-state index in [1.807, 2.05) is 7.05 Å². The lowest BCUT2D eigenvalue weighted by Crippen LogP contribution is -2.51. The second-order valence-corrected chi connectivity index (χ2v) is 5.68. The van der Waals surface area contributed by atoms with Crippen LogP contribution < -0.4 is 5.32 Å². The van der Waals surface area contributed by atoms with Gasteiger partial charge in [0.2, 0.25) is 0 Å². The average Bonchev–Trinajstić information content (AvgIpc) is 2.77. The maximum absolute atomic E-state index is 6.09. The molecule has 0 bridgehead atoms. The van der Waals surface area contributed by atoms with Crippen molar-refractivity contribution in [2.75, 3.05) is 33.3 Å². The summed E-state index contributed by atoms with van der Waals surface area (Å²) in [6.07, 6.45) is 4.76. The first-order valence-corrected chi connectivity index (χ1v) is 7.38. The van der Waals surface area contributed by atoms with E-state index >= 15 is 0 Å². The van der Waals surface area contributed by atoms with Crippen molar-refractivity contribution in [2.24, 2.45) is 0 Å². The molecule has 4 atom stereocenters. The lowest BCUT2D eigenvalue weighted by Gasteiger charge is -2.39. The first kappa shape index (κ1) is 14.3. The van der Waals surface area contributed by atoms with E-state index in [2.05, 4.69) is 24.1 Å². The molecule has 2 fully saturated rings. The van der Waals surface area contributed by atoms with E-state index in [4.69, 9.17) is 9.47 Å². The number of hydrogen-bond acceptors (Lipinski definition) is 4. The summed E-state index contributed by atoms with van der Waals surface area (Å²) in [4.78, 5) is 2.57. The minimum Gasteiger partial charge on any atom is -0.376 e. The van der Waals surface area contributed by atoms with Gasteiger partial charge >= 0.3 is 0 Å². The Hall–Kier alpha value is -0.160. The monoisotopic (exact) mass is 256 g/mol. The van der Waals surface area contributed by atoms with Crippen LogP contribution in [0.1, 0.15) is 33.1 Å². The van der Waals surface area contributed by atoms with Crippen LogP contribution in [0.3, 0.4) is 0 Å². The SMILES string of the molecule is CCC1COC(C)CN1CC1CCC(CNC)O1. The molecule has 0 spiro atoms. The van der Waals surface area contributed by atoms with E-state index in [1.54, 1.807) is 0 Å². The maximum atomic E-state index is 6.09. The highest BCUT2D eigenvalue weighted by Crippen LogP contribution is 2.23. The van der Waals surface area contributed by atoms with Gasteiger partial charge in [0.25, 0.3) is 0 Å². The minimum atomic E-state index is 0.363. The number of likely N-dealkylation sites (N-methyl/N-ethyl adjacent to an activating group) is 1. The summed E-state index contributed by atoms with van der Waals surface area (Å²) in [5.74, 6) is 0. The summed E-state index contributed by atoms with van der Waals surface area (Å²) in [6, 6.07) is 0.577. The Balaban J connectivity index is 1.80. The molecule has 0 amide bonds. The average molecular weight is 256 g/mol. The molecule has 1 N–H and O–H groups in total. The van der Waals surface area contributed by atoms with Gasteiger partial charge in [-0.2, -0.15) is 0 Å². The highest BCUT2D eigenvalue weighted by atomic mass is 16.5. The van der Waals surface area contributed by atoms with E-state index in [9.17, 15) is 0 Å². The molecule has 0 aromatic rings. The van der Waals surface area contributed by atoms with Crippen LogP contribution in [0.2, 0.25) is 0 Å². The van der Waals surface area contributed by atoms with E-state index in [0.717, 1.165) is 26.2 Å². The van der Waals surface area contributed by atoms with Gasteiger partial charge < -0.3 is 14.8 Å². The van der Waals surface area contributed by atoms with Gasteiger partial charge in [0.05, 0.1) is 24.9 Å². The van der Waals surface area contributed by atoms with Gasteiger partial charge in [0, 0.05) is 25.7 Å². The molecule has 2 heterocycles. The lowest BCUT2D eigenvalue weighted by molar-refractivity contribution is -0.0745. The zero-order chi connectivity index (χ0) is 13.0. The number of hydrogen-bond donors (Lipinski definition) is 1. The van der Waals surface area contributed by atoms with Gasteiger partial charge in [-0.25, -0.2) is 0 Å². The number of ether oxygens (including phenoxy) is 2. The van der Waals surface area contributed by atoms with E-state index < -0.39 is 0 Å². The van der Waals surface area contributed by atoms with Crippen LogP contribution in [0.15, 0.2) is 0 Å². The Labute approximate surface area is 111 Å². The standard InChI is InChI=1S/C14H28N2O2/c1-4-12-10-17-11(2)8-16(12)9-14-6-5-13(18-14)7-15-3/h11-15H,4-10H2,1-3H3. The van der Waals surface area contributed by atoms with Gasteiger partial charge in [-0.3, -0.25) is 4.90 Å². The Morgan fingerprint density at radius 1 is 1.28 bits per heavy atom. The number of nitrogens with zero attached hydrogens (tertiary/aromatic N) is 1. The van der Waals surface area contributed by atoms with Crippen molar-refractivity contribution in [1.82, 2.24) is 10.2 Å². The van der Waals surface area contributed by atoms with Gasteiger partial charge in [0.15, 0.2) is 0 Å². The van der Waals surface area contributed by atoms with Crippen LogP contribution in [-0.4, -0.2) is 62.5 Å². The second-order valence-electron chi connectivity index (χ2n) is 5.68. The first-order chi connectivity index (χ1) is 8.72. The quantitative estimate of drug-likeness (QED) is 0.803. The van der Waals surface area contributed by atoms with Crippen molar-refractivity contribution in [3.8, 4) is 0 Å². The molecule has 0 aromatic carbocycles. The van der Waals surface area contributed by atoms with E-state index in [0.29, 0.717) is 24.4 Å². The van der Waals surface area contributed by atoms with Crippen LogP contribution >= 0.6 is 0 Å². The predicted molar refractivity (Wildman–Crippen MR) is 72.9 cm³/mol. The fourth-order valence-corrected chi connectivity index (χ4v) is 3.07. The van der Waals surface area contributed by atoms with Crippen molar-refractivity contribution in [3.63, 3.8) is 0 Å². The highest BCUT2D eigenvalue weighted by molar-refractivity contribution is 4.83. The number of morpholine rings is 1. The number of rotatable bonds is 5. The molecule has 0 aromatic heterocycles. The third-order valence-electron chi connectivity index (χ3n) is 4.12. The largest absolute Gasteiger partial charge is 0.376 e. The van der Waals surface area contributed by atoms with Gasteiger partial charge in [-0.15, -0.1) is 0 Å². The summed E-state index contributed by atoms with van der Waals surface area (Å²) >= 11 is 0. The summed E-state index contributed by atoms with van der Waals surface area (Å²) < 4.78 is 11.8. The summed E-state index contributed by atoms with van der Waals surface area (Å²) in [7, 11) is 1.99. The summed E-state index contributed by atoms with van der Waals surface area (Å²) in [6.45, 7) is 8.40. The summed E-state index contributed by atoms with van der Waals surface area (Å²) in [5.41, 5.74) is 0. The third-order valence-corrected chi connectivity index (χ3v) is 4.12. The van der Waals surface area contributed by atoms with Crippen LogP contribution in [0.4, 0.5) is 0 Å². The zero-order valence-corrected chi connectivity index (χ0v) is 12.0. The van der Waals surface area contributed by atoms with Gasteiger partial charge in [0.1, 0.15) is 0 Å². The Kier molecular flexibility index (Phi) is 5.42. The van der Waals surface area contributed by atoms with Crippen molar-refractivity contribution >= 4 is 0 Å². The molecule has 0 radical (unpaired) electrons. The molecule has 4 unspecified atom stereocenters. The second kappa shape index (κ2) is 6.85. The third kappa shape index (κ3) is 3.67. The molecular weight excluding hydrogens is 228 g/mol. The van der Waals surface area contributed by atoms with Crippen molar-refractivity contribution < 1.29 is 9.47 Å². The molecule has 4 heteroatoms. The Morgan fingerprint density at radius 2 is 2.06 bits per heavy atom. The molecule has 2 rings (SSSR count). The van der Waals surface area contributed by atoms with Crippen LogP contribution in [0, 0.1) is 0 Å². The molecule has 18 heavy (non-hydrogen) atoms. The summed E-state index contributed by atoms with van der Waals surface area (Å²) in [5, 5.41) is 3.20. The van der Waals surface area contributed by atoms with Crippen LogP contribution in [-0.2, 0) is 9.47 Å². The minimum absolute atomic E-state index is 0.363. The molecular formula is C14H28N2O2. The van der Waals surface area contributed by atoms with E-state index in [1.165, 1.54) is 19.3 Å². The van der Waals surface area contributed by atoms with Crippen molar-refractivity contribution in [2.45, 2.75) is 57.5 Å². The van der Waals surface area contributed by atoms with Crippen LogP contribution in [0.5, 0.6) is 0 Å². The molecule has 2 saturated heterocycles. The predicted octanol–water partition coefficient (Wildman–Crippen LogP) is 1.25. The first-order valence-electron chi connectivity index (χ1n) is 7.38. The highest BCUT2D eigenvalue weighted by Gasteiger charge is 2.31. The van der Waals surface area contributed by atoms with Crippen molar-refractivity contribution in [1.29, 1.82) is 0 Å². The van der Waals surface area contributed by atoms with E-state index in [-0.39, 0.29) is 0 Å². The molecule has 0 aliphatic carbocycles. The Bertz CT molecular complexity index is 250. The van der Waals surface area contributed by atoms with Gasteiger partial charge in [-0.05, 0) is 33.2 Å². The normalized spacial score (nSPS) is 38.2. The van der Waals surface area contributed by atoms with Gasteiger partial charge in [-0.1, -0.05) is 6.92 Å². The van der Waals surface area contributed by atoms with Crippen LogP contribution in [0.25, 0.3) is 0 Å². The molecule has 106 valence electrons. The number of nitrogens with one attached hydrogen (secondary N) is 1. The van der Waals surface area contributed by atoms with Crippen molar-refractivity contribution in [3.05, 3.63) is 0 Å². The molecule has 4 nitrogen and oxygen atoms in total. The maximum Gasteiger partial charge on any atom is 0.0707 e. The zero-order valence-electron chi connectivity index (χ0n) is 12.0. The Morgan fingerprint density at radius 3 is 2.78 bits per heavy atom. The smallest absolute Gasteiger partial charge is 0.0707 e. The topological polar surface area (TPSA) is 33.7 Å². The lowest BCUT2D eigenvalue weighted by atomic mass is 10.1. The fraction of sp³-hybridized carbons (Fsp3) is 1.00. The molecule has 2 aliphatic rings. The fourth-order valence-electron chi connectivity index (χ4n) is 3.07.